The van der Waals surface area contributed by atoms with Gasteiger partial charge in [0.25, 0.3) is 11.8 Å². The van der Waals surface area contributed by atoms with Crippen molar-refractivity contribution in [1.29, 1.82) is 0 Å². The Hall–Kier alpha value is -3.28. The summed E-state index contributed by atoms with van der Waals surface area (Å²) in [5.74, 6) is -1.68. The number of ketones is 1. The molecular weight excluding hydrogens is 358 g/mol. The molecule has 0 saturated carbocycles. The molecule has 0 aliphatic carbocycles. The molecule has 6 nitrogen and oxygen atoms in total. The lowest BCUT2D eigenvalue weighted by Gasteiger charge is -2.15. The molecule has 28 heavy (non-hydrogen) atoms. The number of benzene rings is 2. The Bertz CT molecular complexity index is 949. The molecule has 0 N–H and O–H groups in total. The van der Waals surface area contributed by atoms with Gasteiger partial charge in [-0.05, 0) is 31.0 Å². The highest BCUT2D eigenvalue weighted by molar-refractivity contribution is 6.22. The van der Waals surface area contributed by atoms with E-state index in [4.69, 9.17) is 4.74 Å². The van der Waals surface area contributed by atoms with Crippen LogP contribution < -0.4 is 0 Å². The Morgan fingerprint density at radius 1 is 0.893 bits per heavy atom. The van der Waals surface area contributed by atoms with Crippen molar-refractivity contribution in [3.05, 3.63) is 70.8 Å². The predicted octanol–water partition coefficient (Wildman–Crippen LogP) is 3.37. The zero-order valence-corrected chi connectivity index (χ0v) is 16.0. The third-order valence-corrected chi connectivity index (χ3v) is 4.47. The summed E-state index contributed by atoms with van der Waals surface area (Å²) in [6.45, 7) is 5.64. The van der Waals surface area contributed by atoms with Crippen LogP contribution in [0.2, 0.25) is 0 Å². The van der Waals surface area contributed by atoms with Crippen LogP contribution in [0.5, 0.6) is 0 Å². The second-order valence-electron chi connectivity index (χ2n) is 7.15. The van der Waals surface area contributed by atoms with E-state index in [2.05, 4.69) is 0 Å². The monoisotopic (exact) mass is 379 g/mol. The number of nitrogens with zero attached hydrogens (tertiary/aromatic N) is 1. The van der Waals surface area contributed by atoms with Crippen LogP contribution in [0.4, 0.5) is 0 Å². The topological polar surface area (TPSA) is 80.8 Å². The van der Waals surface area contributed by atoms with Crippen molar-refractivity contribution in [3.63, 3.8) is 0 Å². The lowest BCUT2D eigenvalue weighted by Crippen LogP contribution is -2.33. The Morgan fingerprint density at radius 3 is 2.18 bits per heavy atom. The van der Waals surface area contributed by atoms with E-state index in [1.165, 1.54) is 30.0 Å². The molecule has 2 aromatic carbocycles. The van der Waals surface area contributed by atoms with Crippen LogP contribution in [0.25, 0.3) is 0 Å². The van der Waals surface area contributed by atoms with E-state index in [1.807, 2.05) is 13.8 Å². The summed E-state index contributed by atoms with van der Waals surface area (Å²) in [4.78, 5) is 50.9. The molecule has 3 rings (SSSR count). The van der Waals surface area contributed by atoms with Crippen molar-refractivity contribution in [2.45, 2.75) is 26.9 Å². The van der Waals surface area contributed by atoms with E-state index in [1.54, 1.807) is 30.3 Å². The second-order valence-corrected chi connectivity index (χ2v) is 7.15. The SMILES string of the molecule is CC(C)CN1C(=O)c2ccc(C(=O)OC(C)C(=O)c3ccccc3)cc2C1=O. The van der Waals surface area contributed by atoms with Gasteiger partial charge in [0.2, 0.25) is 5.78 Å². The molecule has 0 aromatic heterocycles. The van der Waals surface area contributed by atoms with Crippen molar-refractivity contribution in [1.82, 2.24) is 4.90 Å². The first-order valence-electron chi connectivity index (χ1n) is 9.10. The maximum absolute atomic E-state index is 12.5. The van der Waals surface area contributed by atoms with Gasteiger partial charge in [0.05, 0.1) is 16.7 Å². The minimum absolute atomic E-state index is 0.124. The van der Waals surface area contributed by atoms with Crippen LogP contribution in [0.1, 0.15) is 62.2 Å². The van der Waals surface area contributed by atoms with Crippen molar-refractivity contribution >= 4 is 23.6 Å². The number of hydrogen-bond acceptors (Lipinski definition) is 5. The van der Waals surface area contributed by atoms with E-state index >= 15 is 0 Å². The van der Waals surface area contributed by atoms with E-state index in [9.17, 15) is 19.2 Å². The van der Waals surface area contributed by atoms with Crippen molar-refractivity contribution in [2.24, 2.45) is 5.92 Å². The summed E-state index contributed by atoms with van der Waals surface area (Å²) < 4.78 is 5.27. The Balaban J connectivity index is 1.76. The van der Waals surface area contributed by atoms with Crippen LogP contribution in [-0.4, -0.2) is 41.1 Å². The molecule has 1 aliphatic rings. The highest BCUT2D eigenvalue weighted by Gasteiger charge is 2.36. The number of imide groups is 1. The number of fused-ring (bicyclic) bond motifs is 1. The number of Topliss-reactive ketones (excluding diaryl/α,β-unsaturated/α-hetero) is 1. The highest BCUT2D eigenvalue weighted by atomic mass is 16.5. The van der Waals surface area contributed by atoms with Gasteiger partial charge in [0.15, 0.2) is 6.10 Å². The van der Waals surface area contributed by atoms with Crippen LogP contribution in [0, 0.1) is 5.92 Å². The summed E-state index contributed by atoms with van der Waals surface area (Å²) in [7, 11) is 0. The Morgan fingerprint density at radius 2 is 1.54 bits per heavy atom. The van der Waals surface area contributed by atoms with Gasteiger partial charge in [0, 0.05) is 12.1 Å². The number of esters is 1. The molecule has 2 aromatic rings. The van der Waals surface area contributed by atoms with Gasteiger partial charge >= 0.3 is 5.97 Å². The molecule has 1 heterocycles. The summed E-state index contributed by atoms with van der Waals surface area (Å²) >= 11 is 0. The van der Waals surface area contributed by atoms with Gasteiger partial charge < -0.3 is 4.74 Å². The Labute approximate surface area is 163 Å². The first kappa shape index (κ1) is 19.5. The molecule has 1 aliphatic heterocycles. The maximum Gasteiger partial charge on any atom is 0.338 e. The zero-order valence-electron chi connectivity index (χ0n) is 16.0. The molecule has 144 valence electrons. The molecule has 0 bridgehead atoms. The summed E-state index contributed by atoms with van der Waals surface area (Å²) in [5, 5.41) is 0. The summed E-state index contributed by atoms with van der Waals surface area (Å²) in [6, 6.07) is 12.8. The quantitative estimate of drug-likeness (QED) is 0.437. The lowest BCUT2D eigenvalue weighted by molar-refractivity contribution is 0.0318. The van der Waals surface area contributed by atoms with Crippen LogP contribution >= 0.6 is 0 Å². The largest absolute Gasteiger partial charge is 0.451 e. The normalized spacial score (nSPS) is 14.2. The third kappa shape index (κ3) is 3.71. The van der Waals surface area contributed by atoms with E-state index in [-0.39, 0.29) is 34.3 Å². The lowest BCUT2D eigenvalue weighted by atomic mass is 10.1. The molecule has 6 heteroatoms. The van der Waals surface area contributed by atoms with Gasteiger partial charge in [-0.25, -0.2) is 4.79 Å². The van der Waals surface area contributed by atoms with Gasteiger partial charge in [-0.3, -0.25) is 19.3 Å². The fourth-order valence-corrected chi connectivity index (χ4v) is 3.07. The number of amides is 2. The molecule has 2 amide bonds. The number of rotatable bonds is 6. The molecule has 1 unspecified atom stereocenters. The first-order chi connectivity index (χ1) is 13.3. The maximum atomic E-state index is 12.5. The minimum atomic E-state index is -0.974. The van der Waals surface area contributed by atoms with E-state index in [0.29, 0.717) is 12.1 Å². The molecule has 0 spiro atoms. The van der Waals surface area contributed by atoms with E-state index < -0.39 is 18.0 Å². The van der Waals surface area contributed by atoms with Crippen LogP contribution in [0.3, 0.4) is 0 Å². The number of carbonyl (C=O) groups excluding carboxylic acids is 4. The van der Waals surface area contributed by atoms with E-state index in [0.717, 1.165) is 0 Å². The van der Waals surface area contributed by atoms with Crippen molar-refractivity contribution in [3.8, 4) is 0 Å². The molecule has 1 atom stereocenters. The van der Waals surface area contributed by atoms with Crippen molar-refractivity contribution in [2.75, 3.05) is 6.54 Å². The fraction of sp³-hybridized carbons (Fsp3) is 0.273. The fourth-order valence-electron chi connectivity index (χ4n) is 3.07. The number of carbonyl (C=O) groups is 4. The Kier molecular flexibility index (Phi) is 5.40. The smallest absolute Gasteiger partial charge is 0.338 e. The standard InChI is InChI=1S/C22H21NO5/c1-13(2)12-23-20(25)17-10-9-16(11-18(17)21(23)26)22(27)28-14(3)19(24)15-7-5-4-6-8-15/h4-11,13-14H,12H2,1-3H3. The first-order valence-corrected chi connectivity index (χ1v) is 9.10. The number of ether oxygens (including phenoxy) is 1. The predicted molar refractivity (Wildman–Crippen MR) is 102 cm³/mol. The van der Waals surface area contributed by atoms with Gasteiger partial charge in [-0.2, -0.15) is 0 Å². The van der Waals surface area contributed by atoms with Gasteiger partial charge in [-0.1, -0.05) is 44.2 Å². The molecule has 0 saturated heterocycles. The average Bonchev–Trinajstić information content (AvgIpc) is 2.92. The molecule has 0 fully saturated rings. The third-order valence-electron chi connectivity index (χ3n) is 4.47. The van der Waals surface area contributed by atoms with Crippen molar-refractivity contribution < 1.29 is 23.9 Å². The highest BCUT2D eigenvalue weighted by Crippen LogP contribution is 2.25. The zero-order chi connectivity index (χ0) is 20.4. The molecular formula is C22H21NO5. The minimum Gasteiger partial charge on any atom is -0.451 e. The second kappa shape index (κ2) is 7.76. The van der Waals surface area contributed by atoms with Gasteiger partial charge in [0.1, 0.15) is 0 Å². The average molecular weight is 379 g/mol. The molecule has 0 radical (unpaired) electrons. The van der Waals surface area contributed by atoms with Gasteiger partial charge in [-0.15, -0.1) is 0 Å². The van der Waals surface area contributed by atoms with Crippen LogP contribution in [0.15, 0.2) is 48.5 Å². The number of hydrogen-bond donors (Lipinski definition) is 0. The summed E-state index contributed by atoms with van der Waals surface area (Å²) in [5.41, 5.74) is 1.03. The summed E-state index contributed by atoms with van der Waals surface area (Å²) in [6.07, 6.45) is -0.974. The van der Waals surface area contributed by atoms with Crippen LogP contribution in [-0.2, 0) is 4.74 Å².